The van der Waals surface area contributed by atoms with E-state index in [0.717, 1.165) is 33.3 Å². The Labute approximate surface area is 145 Å². The Bertz CT molecular complexity index is 916. The van der Waals surface area contributed by atoms with E-state index in [1.165, 1.54) is 0 Å². The van der Waals surface area contributed by atoms with Gasteiger partial charge in [0.2, 0.25) is 5.91 Å². The molecule has 0 unspecified atom stereocenters. The van der Waals surface area contributed by atoms with Crippen molar-refractivity contribution in [2.75, 3.05) is 13.2 Å². The van der Waals surface area contributed by atoms with E-state index < -0.39 is 0 Å². The number of hydrogen-bond donors (Lipinski definition) is 2. The van der Waals surface area contributed by atoms with Gasteiger partial charge in [-0.15, -0.1) is 0 Å². The lowest BCUT2D eigenvalue weighted by Gasteiger charge is -2.20. The number of rotatable bonds is 3. The molecule has 128 valence electrons. The van der Waals surface area contributed by atoms with Gasteiger partial charge in [-0.2, -0.15) is 0 Å². The fourth-order valence-corrected chi connectivity index (χ4v) is 3.31. The third-order valence-electron chi connectivity index (χ3n) is 4.66. The first-order valence-corrected chi connectivity index (χ1v) is 8.43. The van der Waals surface area contributed by atoms with Gasteiger partial charge in [-0.25, -0.2) is 0 Å². The van der Waals surface area contributed by atoms with Gasteiger partial charge < -0.3 is 19.7 Å². The first kappa shape index (κ1) is 15.7. The van der Waals surface area contributed by atoms with Gasteiger partial charge in [0.25, 0.3) is 0 Å². The highest BCUT2D eigenvalue weighted by Gasteiger charge is 2.21. The Balaban J connectivity index is 1.55. The van der Waals surface area contributed by atoms with E-state index in [1.807, 2.05) is 53.6 Å². The smallest absolute Gasteiger partial charge is 0.227 e. The Hall–Kier alpha value is -2.79. The van der Waals surface area contributed by atoms with Crippen LogP contribution >= 0.6 is 0 Å². The number of aromatic nitrogens is 1. The number of H-pyrrole nitrogens is 1. The molecule has 1 aromatic heterocycles. The van der Waals surface area contributed by atoms with Crippen LogP contribution in [0.15, 0.2) is 48.7 Å². The highest BCUT2D eigenvalue weighted by atomic mass is 16.5. The third-order valence-corrected chi connectivity index (χ3v) is 4.66. The van der Waals surface area contributed by atoms with Crippen molar-refractivity contribution in [1.29, 1.82) is 0 Å². The summed E-state index contributed by atoms with van der Waals surface area (Å²) in [6, 6.07) is 13.6. The molecule has 0 spiro atoms. The minimum Gasteiger partial charge on any atom is -0.491 e. The molecule has 2 N–H and O–H groups in total. The molecule has 5 nitrogen and oxygen atoms in total. The molecule has 0 atom stereocenters. The number of aliphatic hydroxyl groups is 1. The third kappa shape index (κ3) is 3.10. The zero-order valence-electron chi connectivity index (χ0n) is 13.9. The lowest BCUT2D eigenvalue weighted by Crippen LogP contribution is -2.33. The predicted molar refractivity (Wildman–Crippen MR) is 95.3 cm³/mol. The molecule has 0 radical (unpaired) electrons. The van der Waals surface area contributed by atoms with Crippen LogP contribution in [0.3, 0.4) is 0 Å². The van der Waals surface area contributed by atoms with E-state index >= 15 is 0 Å². The van der Waals surface area contributed by atoms with Crippen LogP contribution in [0.1, 0.15) is 16.7 Å². The normalized spacial score (nSPS) is 14.0. The number of amides is 1. The number of hydrogen-bond acceptors (Lipinski definition) is 3. The summed E-state index contributed by atoms with van der Waals surface area (Å²) in [6.45, 7) is 1.52. The van der Waals surface area contributed by atoms with E-state index in [9.17, 15) is 9.90 Å². The molecule has 0 aliphatic carbocycles. The fourth-order valence-electron chi connectivity index (χ4n) is 3.31. The SMILES string of the molecule is O=C(Cc1c[nH]c2ccccc12)N1CCOc2ccc(CO)cc2C1. The van der Waals surface area contributed by atoms with E-state index in [0.29, 0.717) is 26.1 Å². The summed E-state index contributed by atoms with van der Waals surface area (Å²) >= 11 is 0. The molecule has 1 aliphatic heterocycles. The van der Waals surface area contributed by atoms with Gasteiger partial charge in [-0.3, -0.25) is 4.79 Å². The van der Waals surface area contributed by atoms with Gasteiger partial charge >= 0.3 is 0 Å². The summed E-state index contributed by atoms with van der Waals surface area (Å²) in [6.07, 6.45) is 2.27. The number of nitrogens with zero attached hydrogens (tertiary/aromatic N) is 1. The molecule has 4 rings (SSSR count). The second kappa shape index (κ2) is 6.61. The standard InChI is InChI=1S/C20H20N2O3/c23-13-14-5-6-19-16(9-14)12-22(7-8-25-19)20(24)10-15-11-21-18-4-2-1-3-17(15)18/h1-6,9,11,21,23H,7-8,10,12-13H2. The van der Waals surface area contributed by atoms with Crippen molar-refractivity contribution < 1.29 is 14.6 Å². The molecular weight excluding hydrogens is 316 g/mol. The van der Waals surface area contributed by atoms with Gasteiger partial charge in [0, 0.05) is 29.2 Å². The van der Waals surface area contributed by atoms with Crippen molar-refractivity contribution in [3.63, 3.8) is 0 Å². The average Bonchev–Trinajstić information content (AvgIpc) is 2.92. The maximum Gasteiger partial charge on any atom is 0.227 e. The van der Waals surface area contributed by atoms with Crippen LogP contribution < -0.4 is 4.74 Å². The van der Waals surface area contributed by atoms with E-state index in [2.05, 4.69) is 4.98 Å². The Morgan fingerprint density at radius 1 is 1.24 bits per heavy atom. The van der Waals surface area contributed by atoms with E-state index in [-0.39, 0.29) is 12.5 Å². The van der Waals surface area contributed by atoms with Crippen LogP contribution in [-0.4, -0.2) is 34.0 Å². The number of aromatic amines is 1. The topological polar surface area (TPSA) is 65.6 Å². The number of nitrogens with one attached hydrogen (secondary N) is 1. The predicted octanol–water partition coefficient (Wildman–Crippen LogP) is 2.62. The molecular formula is C20H20N2O3. The maximum atomic E-state index is 12.8. The monoisotopic (exact) mass is 336 g/mol. The molecule has 25 heavy (non-hydrogen) atoms. The molecule has 0 saturated heterocycles. The summed E-state index contributed by atoms with van der Waals surface area (Å²) in [7, 11) is 0. The lowest BCUT2D eigenvalue weighted by molar-refractivity contribution is -0.131. The maximum absolute atomic E-state index is 12.8. The average molecular weight is 336 g/mol. The van der Waals surface area contributed by atoms with Crippen LogP contribution in [-0.2, 0) is 24.4 Å². The first-order valence-electron chi connectivity index (χ1n) is 8.43. The van der Waals surface area contributed by atoms with Crippen molar-refractivity contribution in [1.82, 2.24) is 9.88 Å². The van der Waals surface area contributed by atoms with Crippen LogP contribution in [0, 0.1) is 0 Å². The summed E-state index contributed by atoms with van der Waals surface area (Å²) in [5.41, 5.74) is 3.82. The zero-order chi connectivity index (χ0) is 17.2. The highest BCUT2D eigenvalue weighted by molar-refractivity contribution is 5.88. The van der Waals surface area contributed by atoms with Crippen molar-refractivity contribution in [3.8, 4) is 5.75 Å². The molecule has 1 amide bonds. The van der Waals surface area contributed by atoms with Crippen molar-refractivity contribution >= 4 is 16.8 Å². The molecule has 2 aromatic carbocycles. The van der Waals surface area contributed by atoms with Gasteiger partial charge in [0.15, 0.2) is 0 Å². The van der Waals surface area contributed by atoms with E-state index in [1.54, 1.807) is 0 Å². The number of para-hydroxylation sites is 1. The quantitative estimate of drug-likeness (QED) is 0.773. The largest absolute Gasteiger partial charge is 0.491 e. The number of fused-ring (bicyclic) bond motifs is 2. The van der Waals surface area contributed by atoms with Crippen LogP contribution in [0.5, 0.6) is 5.75 Å². The zero-order valence-corrected chi connectivity index (χ0v) is 13.9. The van der Waals surface area contributed by atoms with Crippen molar-refractivity contribution in [3.05, 3.63) is 65.4 Å². The van der Waals surface area contributed by atoms with Crippen LogP contribution in [0.25, 0.3) is 10.9 Å². The number of aliphatic hydroxyl groups excluding tert-OH is 1. The van der Waals surface area contributed by atoms with E-state index in [4.69, 9.17) is 4.74 Å². The summed E-state index contributed by atoms with van der Waals surface area (Å²) in [5.74, 6) is 0.871. The molecule has 5 heteroatoms. The van der Waals surface area contributed by atoms with Crippen LogP contribution in [0.2, 0.25) is 0 Å². The summed E-state index contributed by atoms with van der Waals surface area (Å²) < 4.78 is 5.75. The summed E-state index contributed by atoms with van der Waals surface area (Å²) in [4.78, 5) is 17.9. The highest BCUT2D eigenvalue weighted by Crippen LogP contribution is 2.25. The lowest BCUT2D eigenvalue weighted by atomic mass is 10.1. The molecule has 3 aromatic rings. The van der Waals surface area contributed by atoms with Crippen molar-refractivity contribution in [2.45, 2.75) is 19.6 Å². The molecule has 2 heterocycles. The summed E-state index contributed by atoms with van der Waals surface area (Å²) in [5, 5.41) is 10.4. The minimum absolute atomic E-state index is 0.0173. The number of ether oxygens (including phenoxy) is 1. The second-order valence-corrected chi connectivity index (χ2v) is 6.30. The number of carbonyl (C=O) groups excluding carboxylic acids is 1. The van der Waals surface area contributed by atoms with Crippen molar-refractivity contribution in [2.24, 2.45) is 0 Å². The van der Waals surface area contributed by atoms with Gasteiger partial charge in [-0.05, 0) is 29.3 Å². The van der Waals surface area contributed by atoms with Gasteiger partial charge in [0.1, 0.15) is 12.4 Å². The van der Waals surface area contributed by atoms with Gasteiger partial charge in [-0.1, -0.05) is 24.3 Å². The number of carbonyl (C=O) groups is 1. The fraction of sp³-hybridized carbons (Fsp3) is 0.250. The Morgan fingerprint density at radius 3 is 3.00 bits per heavy atom. The molecule has 0 fully saturated rings. The van der Waals surface area contributed by atoms with Gasteiger partial charge in [0.05, 0.1) is 19.6 Å². The number of benzene rings is 2. The molecule has 1 aliphatic rings. The Morgan fingerprint density at radius 2 is 2.12 bits per heavy atom. The molecule has 0 saturated carbocycles. The van der Waals surface area contributed by atoms with Crippen LogP contribution in [0.4, 0.5) is 0 Å². The molecule has 0 bridgehead atoms. The Kier molecular flexibility index (Phi) is 4.15. The first-order chi connectivity index (χ1) is 12.2. The second-order valence-electron chi connectivity index (χ2n) is 6.30. The minimum atomic E-state index is -0.0173.